The first-order valence-electron chi connectivity index (χ1n) is 7.13. The minimum Gasteiger partial charge on any atom is -0.259 e. The van der Waals surface area contributed by atoms with Gasteiger partial charge in [0, 0.05) is 18.2 Å². The Morgan fingerprint density at radius 2 is 2.42 bits per heavy atom. The quantitative estimate of drug-likeness (QED) is 0.379. The Morgan fingerprint density at radius 1 is 1.54 bits per heavy atom. The van der Waals surface area contributed by atoms with Gasteiger partial charge in [0.05, 0.1) is 9.80 Å². The van der Waals surface area contributed by atoms with Crippen molar-refractivity contribution in [3.8, 4) is 10.7 Å². The van der Waals surface area contributed by atoms with Crippen LogP contribution in [-0.2, 0) is 0 Å². The third-order valence-electron chi connectivity index (χ3n) is 3.33. The van der Waals surface area contributed by atoms with Gasteiger partial charge in [-0.25, -0.2) is 5.10 Å². The topological polar surface area (TPSA) is 89.1 Å². The summed E-state index contributed by atoms with van der Waals surface area (Å²) in [5.41, 5.74) is 0.813. The zero-order chi connectivity index (χ0) is 16.9. The van der Waals surface area contributed by atoms with Crippen molar-refractivity contribution < 1.29 is 4.92 Å². The number of nitrogens with zero attached hydrogens (tertiary/aromatic N) is 4. The zero-order valence-corrected chi connectivity index (χ0v) is 14.1. The number of aromatic amines is 1. The van der Waals surface area contributed by atoms with Crippen LogP contribution in [0.1, 0.15) is 12.8 Å². The number of H-pyrrole nitrogens is 1. The second-order valence-corrected chi connectivity index (χ2v) is 6.20. The maximum absolute atomic E-state index is 11.0. The fraction of sp³-hybridized carbons (Fsp3) is 0.133. The molecule has 0 unspecified atom stereocenters. The van der Waals surface area contributed by atoms with Gasteiger partial charge in [0.25, 0.3) is 5.70 Å². The van der Waals surface area contributed by atoms with Gasteiger partial charge in [0.1, 0.15) is 0 Å². The average molecular weight is 359 g/mol. The van der Waals surface area contributed by atoms with E-state index in [1.165, 1.54) is 22.2 Å². The van der Waals surface area contributed by atoms with Crippen LogP contribution in [0.2, 0.25) is 0 Å². The van der Waals surface area contributed by atoms with Crippen LogP contribution in [0.3, 0.4) is 0 Å². The van der Waals surface area contributed by atoms with E-state index < -0.39 is 0 Å². The largest absolute Gasteiger partial charge is 0.259 e. The molecular weight excluding hydrogens is 346 g/mol. The normalized spacial score (nSPS) is 15.0. The van der Waals surface area contributed by atoms with Gasteiger partial charge in [0.2, 0.25) is 4.77 Å². The summed E-state index contributed by atoms with van der Waals surface area (Å²) in [5, 5.41) is 24.1. The Kier molecular flexibility index (Phi) is 4.92. The predicted octanol–water partition coefficient (Wildman–Crippen LogP) is 3.94. The Balaban J connectivity index is 1.83. The summed E-state index contributed by atoms with van der Waals surface area (Å²) in [6.07, 6.45) is 9.67. The van der Waals surface area contributed by atoms with E-state index in [4.69, 9.17) is 12.2 Å². The number of nitrogens with one attached hydrogen (secondary N) is 1. The van der Waals surface area contributed by atoms with Crippen LogP contribution in [0.15, 0.2) is 58.2 Å². The van der Waals surface area contributed by atoms with Crippen molar-refractivity contribution in [2.45, 2.75) is 12.8 Å². The Morgan fingerprint density at radius 3 is 3.17 bits per heavy atom. The fourth-order valence-electron chi connectivity index (χ4n) is 2.24. The van der Waals surface area contributed by atoms with Crippen molar-refractivity contribution in [2.24, 2.45) is 5.10 Å². The number of allylic oxidation sites excluding steroid dienone is 6. The van der Waals surface area contributed by atoms with E-state index in [9.17, 15) is 10.1 Å². The highest BCUT2D eigenvalue weighted by Crippen LogP contribution is 2.22. The van der Waals surface area contributed by atoms with Crippen molar-refractivity contribution in [3.05, 3.63) is 68.0 Å². The van der Waals surface area contributed by atoms with Crippen molar-refractivity contribution in [3.63, 3.8) is 0 Å². The van der Waals surface area contributed by atoms with Crippen molar-refractivity contribution in [2.75, 3.05) is 0 Å². The van der Waals surface area contributed by atoms with Crippen molar-refractivity contribution >= 4 is 29.8 Å². The molecule has 0 saturated heterocycles. The summed E-state index contributed by atoms with van der Waals surface area (Å²) in [6.45, 7) is 0. The monoisotopic (exact) mass is 359 g/mol. The minimum absolute atomic E-state index is 0.223. The minimum atomic E-state index is -0.332. The number of rotatable bonds is 5. The molecule has 0 bridgehead atoms. The van der Waals surface area contributed by atoms with Gasteiger partial charge in [-0.3, -0.25) is 10.1 Å². The lowest BCUT2D eigenvalue weighted by Gasteiger charge is -2.04. The second-order valence-electron chi connectivity index (χ2n) is 4.87. The number of hydrogen-bond donors (Lipinski definition) is 1. The van der Waals surface area contributed by atoms with Gasteiger partial charge < -0.3 is 0 Å². The van der Waals surface area contributed by atoms with E-state index >= 15 is 0 Å². The first-order valence-corrected chi connectivity index (χ1v) is 8.42. The molecule has 122 valence electrons. The molecule has 0 spiro atoms. The first kappa shape index (κ1) is 16.2. The molecule has 1 aliphatic carbocycles. The van der Waals surface area contributed by atoms with Crippen LogP contribution in [0.4, 0.5) is 0 Å². The molecule has 1 N–H and O–H groups in total. The average Bonchev–Trinajstić information content (AvgIpc) is 3.22. The SMILES string of the molecule is O=[N+]([O-])C1=C(/C=C/C=N\n2c(-c3cccs3)n[nH]c2=S)C=CCC1. The third-order valence-corrected chi connectivity index (χ3v) is 4.46. The lowest BCUT2D eigenvalue weighted by molar-refractivity contribution is -0.428. The lowest BCUT2D eigenvalue weighted by Crippen LogP contribution is -2.04. The molecule has 0 radical (unpaired) electrons. The Labute approximate surface area is 146 Å². The molecule has 7 nitrogen and oxygen atoms in total. The highest BCUT2D eigenvalue weighted by atomic mass is 32.1. The van der Waals surface area contributed by atoms with Gasteiger partial charge in [-0.15, -0.1) is 11.3 Å². The van der Waals surface area contributed by atoms with Crippen LogP contribution in [-0.4, -0.2) is 26.0 Å². The molecule has 0 saturated carbocycles. The molecule has 0 amide bonds. The Hall–Kier alpha value is -2.65. The maximum Gasteiger partial charge on any atom is 0.253 e. The summed E-state index contributed by atoms with van der Waals surface area (Å²) in [7, 11) is 0. The molecule has 2 aromatic heterocycles. The molecule has 0 atom stereocenters. The molecule has 0 aromatic carbocycles. The number of aromatic nitrogens is 3. The molecular formula is C15H13N5O2S2. The fourth-order valence-corrected chi connectivity index (χ4v) is 3.11. The van der Waals surface area contributed by atoms with Gasteiger partial charge in [-0.05, 0) is 42.2 Å². The standard InChI is InChI=1S/C15H13N5O2S2/c21-20(22)12-7-2-1-5-11(12)6-3-9-16-19-14(17-18-15(19)23)13-8-4-10-24-13/h1,3-6,8-10H,2,7H2,(H,18,23)/b6-3+,16-9-. The highest BCUT2D eigenvalue weighted by Gasteiger charge is 2.16. The molecule has 2 heterocycles. The van der Waals surface area contributed by atoms with E-state index in [1.807, 2.05) is 23.6 Å². The molecule has 0 aliphatic heterocycles. The smallest absolute Gasteiger partial charge is 0.253 e. The van der Waals surface area contributed by atoms with Crippen LogP contribution in [0.25, 0.3) is 10.7 Å². The van der Waals surface area contributed by atoms with Crippen molar-refractivity contribution in [1.29, 1.82) is 0 Å². The van der Waals surface area contributed by atoms with E-state index in [0.717, 1.165) is 4.88 Å². The summed E-state index contributed by atoms with van der Waals surface area (Å²) >= 11 is 6.71. The summed E-state index contributed by atoms with van der Waals surface area (Å²) < 4.78 is 1.90. The first-order chi connectivity index (χ1) is 11.7. The van der Waals surface area contributed by atoms with Crippen LogP contribution in [0, 0.1) is 14.9 Å². The highest BCUT2D eigenvalue weighted by molar-refractivity contribution is 7.71. The van der Waals surface area contributed by atoms with Gasteiger partial charge >= 0.3 is 0 Å². The molecule has 1 aliphatic rings. The van der Waals surface area contributed by atoms with Crippen LogP contribution in [0.5, 0.6) is 0 Å². The van der Waals surface area contributed by atoms with Crippen LogP contribution < -0.4 is 0 Å². The number of hydrogen-bond acceptors (Lipinski definition) is 6. The van der Waals surface area contributed by atoms with E-state index in [-0.39, 0.29) is 10.6 Å². The summed E-state index contributed by atoms with van der Waals surface area (Å²) in [5.74, 6) is 0.627. The summed E-state index contributed by atoms with van der Waals surface area (Å²) in [6, 6.07) is 3.85. The maximum atomic E-state index is 11.0. The molecule has 0 fully saturated rings. The molecule has 9 heteroatoms. The van der Waals surface area contributed by atoms with Gasteiger partial charge in [-0.2, -0.15) is 14.9 Å². The molecule has 24 heavy (non-hydrogen) atoms. The third kappa shape index (κ3) is 3.47. The van der Waals surface area contributed by atoms with E-state index in [1.54, 1.807) is 18.2 Å². The van der Waals surface area contributed by atoms with Crippen LogP contribution >= 0.6 is 23.6 Å². The lowest BCUT2D eigenvalue weighted by atomic mass is 10.0. The van der Waals surface area contributed by atoms with Gasteiger partial charge in [0.15, 0.2) is 5.82 Å². The number of nitro groups is 1. The van der Waals surface area contributed by atoms with E-state index in [2.05, 4.69) is 15.3 Å². The second kappa shape index (κ2) is 7.28. The predicted molar refractivity (Wildman–Crippen MR) is 96.1 cm³/mol. The zero-order valence-electron chi connectivity index (χ0n) is 12.5. The molecule has 3 rings (SSSR count). The molecule has 2 aromatic rings. The van der Waals surface area contributed by atoms with Crippen molar-refractivity contribution in [1.82, 2.24) is 14.9 Å². The number of thiophene rings is 1. The Bertz CT molecular complexity index is 916. The van der Waals surface area contributed by atoms with Gasteiger partial charge in [-0.1, -0.05) is 18.2 Å². The summed E-state index contributed by atoms with van der Waals surface area (Å²) in [4.78, 5) is 11.6. The van der Waals surface area contributed by atoms with E-state index in [0.29, 0.717) is 29.0 Å².